The van der Waals surface area contributed by atoms with Crippen molar-refractivity contribution in [3.05, 3.63) is 47.9 Å². The van der Waals surface area contributed by atoms with Gasteiger partial charge in [-0.05, 0) is 37.6 Å². The third-order valence-corrected chi connectivity index (χ3v) is 4.35. The molecule has 1 aromatic carbocycles. The monoisotopic (exact) mass is 370 g/mol. The maximum atomic E-state index is 12.2. The first kappa shape index (κ1) is 17.4. The molecule has 2 heterocycles. The molecule has 1 atom stereocenters. The van der Waals surface area contributed by atoms with Gasteiger partial charge in [0.1, 0.15) is 11.5 Å². The van der Waals surface area contributed by atoms with E-state index in [2.05, 4.69) is 14.9 Å². The van der Waals surface area contributed by atoms with Gasteiger partial charge in [0.15, 0.2) is 0 Å². The Morgan fingerprint density at radius 1 is 1.12 bits per heavy atom. The second-order valence-electron chi connectivity index (χ2n) is 5.14. The Kier molecular flexibility index (Phi) is 4.76. The zero-order valence-electron chi connectivity index (χ0n) is 13.2. The van der Waals surface area contributed by atoms with E-state index in [1.165, 1.54) is 30.2 Å². The van der Waals surface area contributed by atoms with Crippen LogP contribution in [0.5, 0.6) is 5.75 Å². The fourth-order valence-electron chi connectivity index (χ4n) is 2.13. The molecule has 3 rings (SSSR count). The molecule has 0 aliphatic carbocycles. The number of aryl methyl sites for hydroxylation is 1. The SMILES string of the molecule is Cc1occc1-c1nnc(SC(C)c2ccc(OC(F)(F)F)cc2)o1. The molecule has 0 aliphatic heterocycles. The van der Waals surface area contributed by atoms with Gasteiger partial charge in [0.2, 0.25) is 0 Å². The van der Waals surface area contributed by atoms with Gasteiger partial charge in [-0.3, -0.25) is 0 Å². The fraction of sp³-hybridized carbons (Fsp3) is 0.250. The zero-order chi connectivity index (χ0) is 18.0. The van der Waals surface area contributed by atoms with Crippen LogP contribution in [0.25, 0.3) is 11.5 Å². The molecule has 0 amide bonds. The normalized spacial score (nSPS) is 13.0. The average molecular weight is 370 g/mol. The molecule has 0 bridgehead atoms. The van der Waals surface area contributed by atoms with Crippen molar-refractivity contribution in [2.45, 2.75) is 30.7 Å². The Morgan fingerprint density at radius 2 is 1.84 bits per heavy atom. The van der Waals surface area contributed by atoms with E-state index >= 15 is 0 Å². The Balaban J connectivity index is 1.67. The summed E-state index contributed by atoms with van der Waals surface area (Å²) in [5.41, 5.74) is 1.53. The van der Waals surface area contributed by atoms with Crippen molar-refractivity contribution in [1.29, 1.82) is 0 Å². The molecular formula is C16H13F3N2O3S. The van der Waals surface area contributed by atoms with Gasteiger partial charge >= 0.3 is 6.36 Å². The molecule has 0 saturated carbocycles. The molecule has 0 fully saturated rings. The lowest BCUT2D eigenvalue weighted by atomic mass is 10.2. The van der Waals surface area contributed by atoms with Crippen LogP contribution in [-0.2, 0) is 0 Å². The van der Waals surface area contributed by atoms with E-state index < -0.39 is 6.36 Å². The predicted octanol–water partition coefficient (Wildman–Crippen LogP) is 5.39. The zero-order valence-corrected chi connectivity index (χ0v) is 14.0. The molecule has 9 heteroatoms. The van der Waals surface area contributed by atoms with Crippen LogP contribution in [0.1, 0.15) is 23.5 Å². The van der Waals surface area contributed by atoms with Gasteiger partial charge in [-0.15, -0.1) is 23.4 Å². The van der Waals surface area contributed by atoms with E-state index in [4.69, 9.17) is 8.83 Å². The molecule has 2 aromatic heterocycles. The molecule has 1 unspecified atom stereocenters. The average Bonchev–Trinajstić information content (AvgIpc) is 3.15. The summed E-state index contributed by atoms with van der Waals surface area (Å²) in [6.07, 6.45) is -3.16. The third-order valence-electron chi connectivity index (χ3n) is 3.36. The van der Waals surface area contributed by atoms with Crippen LogP contribution in [0.3, 0.4) is 0 Å². The van der Waals surface area contributed by atoms with Crippen molar-refractivity contribution in [1.82, 2.24) is 10.2 Å². The topological polar surface area (TPSA) is 61.3 Å². The van der Waals surface area contributed by atoms with Crippen LogP contribution < -0.4 is 4.74 Å². The molecule has 0 radical (unpaired) electrons. The van der Waals surface area contributed by atoms with Crippen molar-refractivity contribution in [3.63, 3.8) is 0 Å². The first-order valence-corrected chi connectivity index (χ1v) is 8.10. The standard InChI is InChI=1S/C16H13F3N2O3S/c1-9-13(7-8-22-9)14-20-21-15(23-14)25-10(2)11-3-5-12(6-4-11)24-16(17,18)19/h3-8,10H,1-2H3. The lowest BCUT2D eigenvalue weighted by molar-refractivity contribution is -0.274. The Bertz CT molecular complexity index is 843. The highest BCUT2D eigenvalue weighted by molar-refractivity contribution is 7.99. The van der Waals surface area contributed by atoms with Crippen LogP contribution >= 0.6 is 11.8 Å². The number of nitrogens with zero attached hydrogens (tertiary/aromatic N) is 2. The van der Waals surface area contributed by atoms with Gasteiger partial charge in [-0.2, -0.15) is 0 Å². The van der Waals surface area contributed by atoms with Crippen molar-refractivity contribution in [2.24, 2.45) is 0 Å². The second kappa shape index (κ2) is 6.83. The number of ether oxygens (including phenoxy) is 1. The minimum atomic E-state index is -4.70. The summed E-state index contributed by atoms with van der Waals surface area (Å²) in [5.74, 6) is 0.771. The van der Waals surface area contributed by atoms with Crippen molar-refractivity contribution in [2.75, 3.05) is 0 Å². The largest absolute Gasteiger partial charge is 0.573 e. The molecule has 25 heavy (non-hydrogen) atoms. The summed E-state index contributed by atoms with van der Waals surface area (Å²) in [4.78, 5) is 0. The van der Waals surface area contributed by atoms with Crippen LogP contribution in [-0.4, -0.2) is 16.6 Å². The van der Waals surface area contributed by atoms with Gasteiger partial charge in [0.25, 0.3) is 11.1 Å². The van der Waals surface area contributed by atoms with Gasteiger partial charge in [0.05, 0.1) is 11.8 Å². The van der Waals surface area contributed by atoms with E-state index in [9.17, 15) is 13.2 Å². The highest BCUT2D eigenvalue weighted by atomic mass is 32.2. The number of aromatic nitrogens is 2. The van der Waals surface area contributed by atoms with E-state index in [-0.39, 0.29) is 11.0 Å². The maximum absolute atomic E-state index is 12.2. The van der Waals surface area contributed by atoms with E-state index in [1.54, 1.807) is 25.1 Å². The Hall–Kier alpha value is -2.42. The third kappa shape index (κ3) is 4.36. The maximum Gasteiger partial charge on any atom is 0.573 e. The van der Waals surface area contributed by atoms with Crippen molar-refractivity contribution < 1.29 is 26.7 Å². The highest BCUT2D eigenvalue weighted by Crippen LogP contribution is 2.36. The number of rotatable bonds is 5. The smallest absolute Gasteiger partial charge is 0.469 e. The molecule has 5 nitrogen and oxygen atoms in total. The second-order valence-corrected chi connectivity index (χ2v) is 6.43. The van der Waals surface area contributed by atoms with E-state index in [1.807, 2.05) is 6.92 Å². The van der Waals surface area contributed by atoms with Crippen LogP contribution in [0.2, 0.25) is 0 Å². The number of hydrogen-bond acceptors (Lipinski definition) is 6. The molecule has 0 saturated heterocycles. The van der Waals surface area contributed by atoms with Crippen molar-refractivity contribution >= 4 is 11.8 Å². The molecule has 3 aromatic rings. The van der Waals surface area contributed by atoms with Gasteiger partial charge in [0, 0.05) is 5.25 Å². The Morgan fingerprint density at radius 3 is 2.44 bits per heavy atom. The van der Waals surface area contributed by atoms with Gasteiger partial charge < -0.3 is 13.6 Å². The van der Waals surface area contributed by atoms with Gasteiger partial charge in [-0.25, -0.2) is 0 Å². The number of alkyl halides is 3. The fourth-order valence-corrected chi connectivity index (χ4v) is 2.94. The summed E-state index contributed by atoms with van der Waals surface area (Å²) in [7, 11) is 0. The molecule has 132 valence electrons. The first-order valence-electron chi connectivity index (χ1n) is 7.22. The molecular weight excluding hydrogens is 357 g/mol. The van der Waals surface area contributed by atoms with E-state index in [0.29, 0.717) is 16.9 Å². The van der Waals surface area contributed by atoms with Crippen molar-refractivity contribution in [3.8, 4) is 17.2 Å². The number of benzene rings is 1. The number of hydrogen-bond donors (Lipinski definition) is 0. The molecule has 0 spiro atoms. The first-order chi connectivity index (χ1) is 11.8. The lowest BCUT2D eigenvalue weighted by Gasteiger charge is -2.11. The minimum Gasteiger partial charge on any atom is -0.469 e. The predicted molar refractivity (Wildman–Crippen MR) is 84.1 cm³/mol. The molecule has 0 aliphatic rings. The van der Waals surface area contributed by atoms with Crippen LogP contribution in [0.15, 0.2) is 50.7 Å². The van der Waals surface area contributed by atoms with Crippen LogP contribution in [0, 0.1) is 6.92 Å². The van der Waals surface area contributed by atoms with E-state index in [0.717, 1.165) is 11.1 Å². The lowest BCUT2D eigenvalue weighted by Crippen LogP contribution is -2.17. The Labute approximate surface area is 145 Å². The van der Waals surface area contributed by atoms with Crippen LogP contribution in [0.4, 0.5) is 13.2 Å². The number of thioether (sulfide) groups is 1. The number of halogens is 3. The summed E-state index contributed by atoms with van der Waals surface area (Å²) < 4.78 is 51.2. The summed E-state index contributed by atoms with van der Waals surface area (Å²) in [5, 5.41) is 8.22. The van der Waals surface area contributed by atoms with Gasteiger partial charge in [-0.1, -0.05) is 23.9 Å². The highest BCUT2D eigenvalue weighted by Gasteiger charge is 2.31. The molecule has 0 N–H and O–H groups in total. The summed E-state index contributed by atoms with van der Waals surface area (Å²) in [6, 6.07) is 7.41. The quantitative estimate of drug-likeness (QED) is 0.561. The minimum absolute atomic E-state index is 0.0984. The number of furan rings is 1. The summed E-state index contributed by atoms with van der Waals surface area (Å²) >= 11 is 1.31. The summed E-state index contributed by atoms with van der Waals surface area (Å²) in [6.45, 7) is 3.68.